The van der Waals surface area contributed by atoms with Crippen LogP contribution in [0.3, 0.4) is 0 Å². The Morgan fingerprint density at radius 1 is 1.19 bits per heavy atom. The monoisotopic (exact) mass is 534 g/mol. The minimum atomic E-state index is -4.84. The van der Waals surface area contributed by atoms with Gasteiger partial charge in [0.25, 0.3) is 11.9 Å². The predicted molar refractivity (Wildman–Crippen MR) is 115 cm³/mol. The molecule has 1 aromatic rings. The molecule has 1 fully saturated rings. The standard InChI is InChI=1S/C21H23BF4N2O9/c1-10(2)5-14(22-36-17(32)8-20(37-22,19(34)35)7-16(30)31)28-15(29)9-27-18(33)12-6-11(21(24,25)26)3-4-13(12)23/h3-4,6,10,14H,5,7-9H2,1-2H3,(H,27,33)(H,28,29)(H,30,31)(H,34,35)/t14-,20?/m0/s1. The zero-order chi connectivity index (χ0) is 28.1. The molecule has 37 heavy (non-hydrogen) atoms. The van der Waals surface area contributed by atoms with Crippen LogP contribution in [0.25, 0.3) is 0 Å². The molecule has 1 aliphatic heterocycles. The Bertz CT molecular complexity index is 1080. The fraction of sp³-hybridized carbons (Fsp3) is 0.476. The van der Waals surface area contributed by atoms with Crippen molar-refractivity contribution in [1.29, 1.82) is 0 Å². The lowest BCUT2D eigenvalue weighted by atomic mass is 9.70. The molecule has 2 rings (SSSR count). The van der Waals surface area contributed by atoms with Gasteiger partial charge in [0.05, 0.1) is 36.5 Å². The average Bonchev–Trinajstić information content (AvgIpc) is 2.75. The summed E-state index contributed by atoms with van der Waals surface area (Å²) in [5.41, 5.74) is -4.69. The number of benzene rings is 1. The minimum absolute atomic E-state index is 0.0443. The number of hydrogen-bond donors (Lipinski definition) is 4. The molecule has 0 spiro atoms. The Balaban J connectivity index is 2.16. The number of amides is 2. The van der Waals surface area contributed by atoms with Crippen LogP contribution in [-0.2, 0) is 34.7 Å². The van der Waals surface area contributed by atoms with Gasteiger partial charge in [-0.05, 0) is 30.5 Å². The van der Waals surface area contributed by atoms with Crippen LogP contribution in [0.2, 0.25) is 0 Å². The molecular formula is C21H23BF4N2O9. The first kappa shape index (κ1) is 29.5. The molecule has 16 heteroatoms. The first-order chi connectivity index (χ1) is 17.0. The van der Waals surface area contributed by atoms with Gasteiger partial charge in [0.15, 0.2) is 5.60 Å². The molecule has 1 aliphatic rings. The maximum atomic E-state index is 13.9. The zero-order valence-corrected chi connectivity index (χ0v) is 19.6. The van der Waals surface area contributed by atoms with Crippen molar-refractivity contribution < 1.29 is 61.1 Å². The summed E-state index contributed by atoms with van der Waals surface area (Å²) in [4.78, 5) is 59.7. The lowest BCUT2D eigenvalue weighted by molar-refractivity contribution is -0.175. The molecule has 0 saturated carbocycles. The Morgan fingerprint density at radius 2 is 1.84 bits per heavy atom. The third-order valence-electron chi connectivity index (χ3n) is 5.19. The number of hydrogen-bond acceptors (Lipinski definition) is 7. The van der Waals surface area contributed by atoms with Crippen molar-refractivity contribution in [2.45, 2.75) is 50.8 Å². The largest absolute Gasteiger partial charge is 0.552 e. The fourth-order valence-corrected chi connectivity index (χ4v) is 3.54. The molecule has 1 heterocycles. The van der Waals surface area contributed by atoms with Gasteiger partial charge in [-0.15, -0.1) is 0 Å². The van der Waals surface area contributed by atoms with E-state index in [9.17, 15) is 46.6 Å². The Labute approximate surface area is 207 Å². The number of halogens is 4. The minimum Gasteiger partial charge on any atom is -0.508 e. The van der Waals surface area contributed by atoms with Crippen LogP contribution in [0.1, 0.15) is 49.0 Å². The van der Waals surface area contributed by atoms with Gasteiger partial charge >= 0.3 is 25.2 Å². The Morgan fingerprint density at radius 3 is 2.38 bits per heavy atom. The molecule has 0 aromatic heterocycles. The van der Waals surface area contributed by atoms with E-state index in [1.54, 1.807) is 13.8 Å². The quantitative estimate of drug-likeness (QED) is 0.256. The summed E-state index contributed by atoms with van der Waals surface area (Å²) in [5, 5.41) is 22.9. The Kier molecular flexibility index (Phi) is 9.25. The van der Waals surface area contributed by atoms with Gasteiger partial charge in [-0.3, -0.25) is 19.2 Å². The normalized spacial score (nSPS) is 18.7. The van der Waals surface area contributed by atoms with Crippen LogP contribution >= 0.6 is 0 Å². The van der Waals surface area contributed by atoms with E-state index < -0.39 is 90.9 Å². The second-order valence-electron chi connectivity index (χ2n) is 8.70. The highest BCUT2D eigenvalue weighted by Gasteiger charge is 2.54. The fourth-order valence-electron chi connectivity index (χ4n) is 3.54. The van der Waals surface area contributed by atoms with E-state index in [1.165, 1.54) is 0 Å². The summed E-state index contributed by atoms with van der Waals surface area (Å²) >= 11 is 0. The first-order valence-electron chi connectivity index (χ1n) is 10.8. The van der Waals surface area contributed by atoms with Crippen LogP contribution < -0.4 is 10.6 Å². The molecule has 0 bridgehead atoms. The second kappa shape index (κ2) is 11.6. The van der Waals surface area contributed by atoms with Gasteiger partial charge < -0.3 is 30.2 Å². The number of aliphatic carboxylic acids is 2. The van der Waals surface area contributed by atoms with Crippen molar-refractivity contribution in [2.75, 3.05) is 6.54 Å². The van der Waals surface area contributed by atoms with Crippen molar-refractivity contribution in [3.05, 3.63) is 35.1 Å². The molecular weight excluding hydrogens is 511 g/mol. The maximum absolute atomic E-state index is 13.9. The van der Waals surface area contributed by atoms with Crippen LogP contribution in [0.15, 0.2) is 18.2 Å². The van der Waals surface area contributed by atoms with E-state index in [0.717, 1.165) is 0 Å². The molecule has 0 radical (unpaired) electrons. The van der Waals surface area contributed by atoms with Gasteiger partial charge in [0.2, 0.25) is 5.91 Å². The summed E-state index contributed by atoms with van der Waals surface area (Å²) in [5.74, 6) is -9.31. The average molecular weight is 534 g/mol. The smallest absolute Gasteiger partial charge is 0.508 e. The van der Waals surface area contributed by atoms with E-state index in [2.05, 4.69) is 5.32 Å². The molecule has 4 N–H and O–H groups in total. The number of carboxylic acid groups (broad SMARTS) is 2. The van der Waals surface area contributed by atoms with Crippen LogP contribution in [0.4, 0.5) is 17.6 Å². The van der Waals surface area contributed by atoms with Gasteiger partial charge in [-0.1, -0.05) is 13.8 Å². The molecule has 0 aliphatic carbocycles. The topological polar surface area (TPSA) is 168 Å². The molecule has 1 saturated heterocycles. The second-order valence-corrected chi connectivity index (χ2v) is 8.70. The molecule has 1 unspecified atom stereocenters. The van der Waals surface area contributed by atoms with Crippen molar-refractivity contribution in [3.8, 4) is 0 Å². The maximum Gasteiger partial charge on any atom is 0.552 e. The van der Waals surface area contributed by atoms with Crippen molar-refractivity contribution in [2.24, 2.45) is 5.92 Å². The lowest BCUT2D eigenvalue weighted by Gasteiger charge is -2.37. The van der Waals surface area contributed by atoms with Crippen molar-refractivity contribution in [1.82, 2.24) is 10.6 Å². The van der Waals surface area contributed by atoms with Gasteiger partial charge in [0.1, 0.15) is 5.82 Å². The number of rotatable bonds is 10. The molecule has 11 nitrogen and oxygen atoms in total. The molecule has 202 valence electrons. The summed E-state index contributed by atoms with van der Waals surface area (Å²) < 4.78 is 62.9. The van der Waals surface area contributed by atoms with Crippen molar-refractivity contribution >= 4 is 36.8 Å². The van der Waals surface area contributed by atoms with Crippen LogP contribution in [0, 0.1) is 11.7 Å². The Hall–Kier alpha value is -3.69. The highest BCUT2D eigenvalue weighted by atomic mass is 19.4. The summed E-state index contributed by atoms with van der Waals surface area (Å²) in [6, 6.07) is 1.19. The lowest BCUT2D eigenvalue weighted by Crippen LogP contribution is -2.61. The summed E-state index contributed by atoms with van der Waals surface area (Å²) in [6.45, 7) is 2.55. The van der Waals surface area contributed by atoms with E-state index in [4.69, 9.17) is 14.4 Å². The summed E-state index contributed by atoms with van der Waals surface area (Å²) in [7, 11) is -1.71. The van der Waals surface area contributed by atoms with E-state index in [0.29, 0.717) is 12.1 Å². The number of alkyl halides is 3. The highest BCUT2D eigenvalue weighted by Crippen LogP contribution is 2.31. The van der Waals surface area contributed by atoms with Gasteiger partial charge in [-0.25, -0.2) is 9.18 Å². The van der Waals surface area contributed by atoms with E-state index in [-0.39, 0.29) is 18.4 Å². The molecule has 2 amide bonds. The predicted octanol–water partition coefficient (Wildman–Crippen LogP) is 1.39. The number of carbonyl (C=O) groups excluding carboxylic acids is 3. The van der Waals surface area contributed by atoms with Gasteiger partial charge in [0, 0.05) is 0 Å². The van der Waals surface area contributed by atoms with Gasteiger partial charge in [-0.2, -0.15) is 13.2 Å². The van der Waals surface area contributed by atoms with Crippen LogP contribution in [-0.4, -0.2) is 65.1 Å². The third-order valence-corrected chi connectivity index (χ3v) is 5.19. The number of carboxylic acids is 2. The molecule has 1 aromatic carbocycles. The summed E-state index contributed by atoms with van der Waals surface area (Å²) in [6.07, 6.45) is -6.77. The highest BCUT2D eigenvalue weighted by molar-refractivity contribution is 6.50. The SMILES string of the molecule is CC(C)C[C@H](NC(=O)CNC(=O)c1cc(C(F)(F)F)ccc1F)B1OC(=O)CC(CC(=O)O)(C(=O)O)O1. The molecule has 2 atom stereocenters. The number of carbonyl (C=O) groups is 5. The first-order valence-corrected chi connectivity index (χ1v) is 10.8. The van der Waals surface area contributed by atoms with Crippen LogP contribution in [0.5, 0.6) is 0 Å². The number of nitrogens with one attached hydrogen (secondary N) is 2. The van der Waals surface area contributed by atoms with Crippen molar-refractivity contribution in [3.63, 3.8) is 0 Å². The van der Waals surface area contributed by atoms with E-state index in [1.807, 2.05) is 5.32 Å². The zero-order valence-electron chi connectivity index (χ0n) is 19.6. The van der Waals surface area contributed by atoms with E-state index >= 15 is 0 Å². The third kappa shape index (κ3) is 7.90.